The van der Waals surface area contributed by atoms with Crippen molar-refractivity contribution >= 4 is 33.4 Å². The van der Waals surface area contributed by atoms with Gasteiger partial charge in [-0.05, 0) is 19.1 Å². The van der Waals surface area contributed by atoms with Gasteiger partial charge in [-0.1, -0.05) is 15.9 Å². The third-order valence-corrected chi connectivity index (χ3v) is 2.55. The summed E-state index contributed by atoms with van der Waals surface area (Å²) in [4.78, 5) is 23.4. The molecule has 0 aliphatic rings. The summed E-state index contributed by atoms with van der Waals surface area (Å²) >= 11 is 3.15. The maximum Gasteiger partial charge on any atom is 0.299 e. The van der Waals surface area contributed by atoms with Gasteiger partial charge < -0.3 is 0 Å². The average Bonchev–Trinajstić information content (AvgIpc) is 2.11. The maximum absolute atomic E-state index is 10.7. The first-order valence-corrected chi connectivity index (χ1v) is 4.38. The SMILES string of the molecule is Cc1c(Br)ccc(N=C=O)c1[N+](=O)[O-]. The first-order valence-electron chi connectivity index (χ1n) is 3.59. The number of isocyanates is 1. The van der Waals surface area contributed by atoms with Crippen LogP contribution >= 0.6 is 15.9 Å². The lowest BCUT2D eigenvalue weighted by molar-refractivity contribution is -0.384. The Labute approximate surface area is 87.7 Å². The predicted octanol–water partition coefficient (Wildman–Crippen LogP) is 2.63. The van der Waals surface area contributed by atoms with Gasteiger partial charge in [0.05, 0.1) is 4.92 Å². The molecule has 0 radical (unpaired) electrons. The van der Waals surface area contributed by atoms with Crippen molar-refractivity contribution in [3.63, 3.8) is 0 Å². The van der Waals surface area contributed by atoms with E-state index in [9.17, 15) is 14.9 Å². The number of aliphatic imine (C=N–C) groups is 1. The Morgan fingerprint density at radius 1 is 1.57 bits per heavy atom. The molecule has 1 rings (SSSR count). The van der Waals surface area contributed by atoms with E-state index < -0.39 is 4.92 Å². The zero-order chi connectivity index (χ0) is 10.7. The zero-order valence-electron chi connectivity index (χ0n) is 7.15. The number of carbonyl (C=O) groups excluding carboxylic acids is 1. The molecule has 0 unspecified atom stereocenters. The van der Waals surface area contributed by atoms with Crippen LogP contribution in [0.2, 0.25) is 0 Å². The molecule has 72 valence electrons. The van der Waals surface area contributed by atoms with E-state index in [1.165, 1.54) is 12.1 Å². The average molecular weight is 257 g/mol. The van der Waals surface area contributed by atoms with Crippen LogP contribution in [-0.4, -0.2) is 11.0 Å². The summed E-state index contributed by atoms with van der Waals surface area (Å²) in [5, 5.41) is 10.7. The monoisotopic (exact) mass is 256 g/mol. The van der Waals surface area contributed by atoms with Crippen LogP contribution in [0.4, 0.5) is 11.4 Å². The molecule has 0 aliphatic heterocycles. The Bertz CT molecular complexity index is 438. The van der Waals surface area contributed by atoms with Crippen LogP contribution in [0.1, 0.15) is 5.56 Å². The molecule has 0 spiro atoms. The second kappa shape index (κ2) is 4.13. The van der Waals surface area contributed by atoms with Gasteiger partial charge in [0.25, 0.3) is 5.69 Å². The van der Waals surface area contributed by atoms with Crippen molar-refractivity contribution in [1.29, 1.82) is 0 Å². The Kier molecular flexibility index (Phi) is 3.11. The number of rotatable bonds is 2. The van der Waals surface area contributed by atoms with E-state index in [2.05, 4.69) is 20.9 Å². The normalized spacial score (nSPS) is 9.29. The van der Waals surface area contributed by atoms with Gasteiger partial charge in [-0.2, -0.15) is 4.99 Å². The van der Waals surface area contributed by atoms with Gasteiger partial charge >= 0.3 is 0 Å². The molecule has 0 fully saturated rings. The van der Waals surface area contributed by atoms with Crippen LogP contribution in [0.15, 0.2) is 21.6 Å². The quantitative estimate of drug-likeness (QED) is 0.354. The van der Waals surface area contributed by atoms with Crippen molar-refractivity contribution in [1.82, 2.24) is 0 Å². The van der Waals surface area contributed by atoms with E-state index in [1.807, 2.05) is 0 Å². The van der Waals surface area contributed by atoms with E-state index in [-0.39, 0.29) is 11.4 Å². The molecule has 0 bridgehead atoms. The third kappa shape index (κ3) is 1.86. The Balaban J connectivity index is 3.52. The lowest BCUT2D eigenvalue weighted by Gasteiger charge is -2.01. The maximum atomic E-state index is 10.7. The molecule has 0 saturated heterocycles. The van der Waals surface area contributed by atoms with Crippen molar-refractivity contribution in [2.75, 3.05) is 0 Å². The van der Waals surface area contributed by atoms with Gasteiger partial charge in [-0.3, -0.25) is 10.1 Å². The van der Waals surface area contributed by atoms with Gasteiger partial charge in [-0.15, -0.1) is 0 Å². The van der Waals surface area contributed by atoms with Gasteiger partial charge in [0.1, 0.15) is 0 Å². The highest BCUT2D eigenvalue weighted by Gasteiger charge is 2.18. The summed E-state index contributed by atoms with van der Waals surface area (Å²) in [5.74, 6) is 0. The second-order valence-electron chi connectivity index (χ2n) is 2.50. The third-order valence-electron chi connectivity index (χ3n) is 1.69. The topological polar surface area (TPSA) is 72.6 Å². The highest BCUT2D eigenvalue weighted by molar-refractivity contribution is 9.10. The van der Waals surface area contributed by atoms with E-state index >= 15 is 0 Å². The minimum Gasteiger partial charge on any atom is -0.258 e. The molecule has 14 heavy (non-hydrogen) atoms. The van der Waals surface area contributed by atoms with Crippen molar-refractivity contribution < 1.29 is 9.72 Å². The molecule has 0 N–H and O–H groups in total. The summed E-state index contributed by atoms with van der Waals surface area (Å²) in [5.41, 5.74) is 0.278. The van der Waals surface area contributed by atoms with Crippen molar-refractivity contribution in [3.8, 4) is 0 Å². The number of hydrogen-bond acceptors (Lipinski definition) is 4. The molecule has 0 amide bonds. The highest BCUT2D eigenvalue weighted by Crippen LogP contribution is 2.34. The van der Waals surface area contributed by atoms with Gasteiger partial charge in [0.15, 0.2) is 5.69 Å². The smallest absolute Gasteiger partial charge is 0.258 e. The van der Waals surface area contributed by atoms with Gasteiger partial charge in [-0.25, -0.2) is 4.79 Å². The number of benzene rings is 1. The van der Waals surface area contributed by atoms with Crippen molar-refractivity contribution in [2.45, 2.75) is 6.92 Å². The molecular weight excluding hydrogens is 252 g/mol. The van der Waals surface area contributed by atoms with Crippen LogP contribution in [-0.2, 0) is 4.79 Å². The molecule has 0 aliphatic carbocycles. The molecule has 1 aromatic rings. The summed E-state index contributed by atoms with van der Waals surface area (Å²) in [6, 6.07) is 2.98. The molecule has 0 heterocycles. The van der Waals surface area contributed by atoms with Crippen LogP contribution in [0.25, 0.3) is 0 Å². The molecule has 0 aromatic heterocycles. The molecule has 5 nitrogen and oxygen atoms in total. The van der Waals surface area contributed by atoms with Crippen LogP contribution in [0.3, 0.4) is 0 Å². The summed E-state index contributed by atoms with van der Waals surface area (Å²) in [7, 11) is 0. The van der Waals surface area contributed by atoms with Crippen LogP contribution in [0.5, 0.6) is 0 Å². The Morgan fingerprint density at radius 3 is 2.71 bits per heavy atom. The number of halogens is 1. The molecular formula is C8H5BrN2O3. The van der Waals surface area contributed by atoms with Gasteiger partial charge in [0.2, 0.25) is 6.08 Å². The first kappa shape index (κ1) is 10.6. The van der Waals surface area contributed by atoms with Gasteiger partial charge in [0, 0.05) is 10.0 Å². The van der Waals surface area contributed by atoms with E-state index in [0.29, 0.717) is 10.0 Å². The molecule has 0 atom stereocenters. The minimum atomic E-state index is -0.573. The number of nitro groups is 1. The number of hydrogen-bond donors (Lipinski definition) is 0. The van der Waals surface area contributed by atoms with E-state index in [0.717, 1.165) is 0 Å². The van der Waals surface area contributed by atoms with Crippen molar-refractivity contribution in [3.05, 3.63) is 32.3 Å². The number of nitro benzene ring substituents is 1. The van der Waals surface area contributed by atoms with Crippen molar-refractivity contribution in [2.24, 2.45) is 4.99 Å². The van der Waals surface area contributed by atoms with E-state index in [1.54, 1.807) is 13.0 Å². The van der Waals surface area contributed by atoms with Crippen LogP contribution in [0, 0.1) is 17.0 Å². The predicted molar refractivity (Wildman–Crippen MR) is 53.3 cm³/mol. The largest absolute Gasteiger partial charge is 0.299 e. The highest BCUT2D eigenvalue weighted by atomic mass is 79.9. The summed E-state index contributed by atoms with van der Waals surface area (Å²) in [6.45, 7) is 1.58. The first-order chi connectivity index (χ1) is 6.57. The van der Waals surface area contributed by atoms with E-state index in [4.69, 9.17) is 0 Å². The molecule has 0 saturated carbocycles. The fourth-order valence-corrected chi connectivity index (χ4v) is 1.35. The Morgan fingerprint density at radius 2 is 2.21 bits per heavy atom. The lowest BCUT2D eigenvalue weighted by Crippen LogP contribution is -1.92. The molecule has 6 heteroatoms. The Hall–Kier alpha value is -1.52. The fraction of sp³-hybridized carbons (Fsp3) is 0.125. The number of nitrogens with zero attached hydrogens (tertiary/aromatic N) is 2. The zero-order valence-corrected chi connectivity index (χ0v) is 8.74. The summed E-state index contributed by atoms with van der Waals surface area (Å²) < 4.78 is 0.606. The van der Waals surface area contributed by atoms with Crippen LogP contribution < -0.4 is 0 Å². The standard InChI is InChI=1S/C8H5BrN2O3/c1-5-6(9)2-3-7(10-4-12)8(5)11(13)14/h2-3H,1H3. The lowest BCUT2D eigenvalue weighted by atomic mass is 10.2. The minimum absolute atomic E-state index is 0.0192. The second-order valence-corrected chi connectivity index (χ2v) is 3.35. The summed E-state index contributed by atoms with van der Waals surface area (Å²) in [6.07, 6.45) is 1.28. The molecule has 1 aromatic carbocycles. The fourth-order valence-electron chi connectivity index (χ4n) is 1.03.